The van der Waals surface area contributed by atoms with Gasteiger partial charge < -0.3 is 9.47 Å². The lowest BCUT2D eigenvalue weighted by atomic mass is 10.2. The molecule has 0 saturated carbocycles. The van der Waals surface area contributed by atoms with E-state index in [1.54, 1.807) is 7.11 Å². The number of fused-ring (bicyclic) bond motifs is 1. The Bertz CT molecular complexity index is 502. The molecular formula is C13H14ClNO2. The van der Waals surface area contributed by atoms with E-state index in [0.29, 0.717) is 25.0 Å². The third-order valence-electron chi connectivity index (χ3n) is 2.44. The molecule has 2 aromatic rings. The first-order valence-corrected chi connectivity index (χ1v) is 5.80. The Labute approximate surface area is 105 Å². The van der Waals surface area contributed by atoms with Crippen molar-refractivity contribution in [2.45, 2.75) is 6.61 Å². The van der Waals surface area contributed by atoms with Gasteiger partial charge in [-0.2, -0.15) is 0 Å². The number of hydrogen-bond acceptors (Lipinski definition) is 3. The van der Waals surface area contributed by atoms with Crippen LogP contribution >= 0.6 is 11.6 Å². The van der Waals surface area contributed by atoms with E-state index >= 15 is 0 Å². The van der Waals surface area contributed by atoms with Crippen molar-refractivity contribution in [2.24, 2.45) is 0 Å². The van der Waals surface area contributed by atoms with Crippen molar-refractivity contribution in [1.29, 1.82) is 0 Å². The number of para-hydroxylation sites is 1. The molecule has 0 fully saturated rings. The highest BCUT2D eigenvalue weighted by atomic mass is 35.5. The average molecular weight is 252 g/mol. The number of hydrogen-bond donors (Lipinski definition) is 0. The Morgan fingerprint density at radius 3 is 2.88 bits per heavy atom. The van der Waals surface area contributed by atoms with Crippen molar-refractivity contribution in [2.75, 3.05) is 20.3 Å². The molecule has 3 nitrogen and oxygen atoms in total. The standard InChI is InChI=1S/C13H14ClNO2/c1-16-6-7-17-9-11-8-10-4-2-3-5-12(10)15-13(11)14/h2-5,8H,6-7,9H2,1H3. The molecule has 0 N–H and O–H groups in total. The monoisotopic (exact) mass is 251 g/mol. The third-order valence-corrected chi connectivity index (χ3v) is 2.77. The molecule has 1 aromatic heterocycles. The Morgan fingerprint density at radius 2 is 2.06 bits per heavy atom. The zero-order chi connectivity index (χ0) is 12.1. The zero-order valence-electron chi connectivity index (χ0n) is 9.65. The van der Waals surface area contributed by atoms with Gasteiger partial charge in [-0.25, -0.2) is 4.98 Å². The molecule has 0 saturated heterocycles. The second-order valence-corrected chi connectivity index (χ2v) is 4.03. The fourth-order valence-corrected chi connectivity index (χ4v) is 1.76. The molecule has 0 aliphatic heterocycles. The molecule has 0 radical (unpaired) electrons. The van der Waals surface area contributed by atoms with Crippen LogP contribution in [0.1, 0.15) is 5.56 Å². The summed E-state index contributed by atoms with van der Waals surface area (Å²) in [5.41, 5.74) is 1.81. The van der Waals surface area contributed by atoms with Gasteiger partial charge in [-0.3, -0.25) is 0 Å². The van der Waals surface area contributed by atoms with Crippen molar-refractivity contribution in [3.8, 4) is 0 Å². The minimum atomic E-state index is 0.458. The number of nitrogens with zero attached hydrogens (tertiary/aromatic N) is 1. The number of ether oxygens (including phenoxy) is 2. The highest BCUT2D eigenvalue weighted by Crippen LogP contribution is 2.20. The first-order valence-electron chi connectivity index (χ1n) is 5.42. The Balaban J connectivity index is 2.14. The first kappa shape index (κ1) is 12.3. The molecule has 0 spiro atoms. The van der Waals surface area contributed by atoms with E-state index in [9.17, 15) is 0 Å². The second kappa shape index (κ2) is 5.96. The molecule has 90 valence electrons. The van der Waals surface area contributed by atoms with Gasteiger partial charge in [0.15, 0.2) is 0 Å². The second-order valence-electron chi connectivity index (χ2n) is 3.68. The van der Waals surface area contributed by atoms with Gasteiger partial charge in [-0.15, -0.1) is 0 Å². The summed E-state index contributed by atoms with van der Waals surface area (Å²) in [4.78, 5) is 4.33. The highest BCUT2D eigenvalue weighted by Gasteiger charge is 2.04. The van der Waals surface area contributed by atoms with Crippen molar-refractivity contribution >= 4 is 22.5 Å². The fourth-order valence-electron chi connectivity index (χ4n) is 1.56. The first-order chi connectivity index (χ1) is 8.31. The van der Waals surface area contributed by atoms with Crippen molar-refractivity contribution < 1.29 is 9.47 Å². The fraction of sp³-hybridized carbons (Fsp3) is 0.308. The lowest BCUT2D eigenvalue weighted by molar-refractivity contribution is 0.0616. The third kappa shape index (κ3) is 3.16. The van der Waals surface area contributed by atoms with Crippen LogP contribution in [0.4, 0.5) is 0 Å². The number of pyridine rings is 1. The lowest BCUT2D eigenvalue weighted by Gasteiger charge is -2.07. The summed E-state index contributed by atoms with van der Waals surface area (Å²) >= 11 is 6.09. The zero-order valence-corrected chi connectivity index (χ0v) is 10.4. The summed E-state index contributed by atoms with van der Waals surface area (Å²) in [6.07, 6.45) is 0. The molecule has 17 heavy (non-hydrogen) atoms. The number of rotatable bonds is 5. The van der Waals surface area contributed by atoms with Gasteiger partial charge in [-0.05, 0) is 12.1 Å². The van der Waals surface area contributed by atoms with Gasteiger partial charge in [0.1, 0.15) is 5.15 Å². The summed E-state index contributed by atoms with van der Waals surface area (Å²) < 4.78 is 10.3. The molecular weight excluding hydrogens is 238 g/mol. The molecule has 0 aliphatic carbocycles. The van der Waals surface area contributed by atoms with Gasteiger partial charge in [0, 0.05) is 18.1 Å². The van der Waals surface area contributed by atoms with Crippen LogP contribution in [0.3, 0.4) is 0 Å². The molecule has 1 aromatic carbocycles. The van der Waals surface area contributed by atoms with Gasteiger partial charge in [0.2, 0.25) is 0 Å². The van der Waals surface area contributed by atoms with Gasteiger partial charge in [-0.1, -0.05) is 29.8 Å². The molecule has 4 heteroatoms. The maximum absolute atomic E-state index is 6.09. The summed E-state index contributed by atoms with van der Waals surface area (Å²) in [6, 6.07) is 9.89. The molecule has 2 rings (SSSR count). The van der Waals surface area contributed by atoms with Gasteiger partial charge in [0.25, 0.3) is 0 Å². The van der Waals surface area contributed by atoms with E-state index in [4.69, 9.17) is 21.1 Å². The van der Waals surface area contributed by atoms with Crippen LogP contribution in [0.15, 0.2) is 30.3 Å². The number of aromatic nitrogens is 1. The van der Waals surface area contributed by atoms with E-state index < -0.39 is 0 Å². The van der Waals surface area contributed by atoms with Gasteiger partial charge in [0.05, 0.1) is 25.3 Å². The maximum Gasteiger partial charge on any atom is 0.135 e. The molecule has 1 heterocycles. The van der Waals surface area contributed by atoms with Crippen molar-refractivity contribution in [3.05, 3.63) is 41.0 Å². The normalized spacial score (nSPS) is 10.9. The number of halogens is 1. The van der Waals surface area contributed by atoms with Crippen LogP contribution in [0.2, 0.25) is 5.15 Å². The van der Waals surface area contributed by atoms with Crippen LogP contribution in [-0.2, 0) is 16.1 Å². The molecule has 0 amide bonds. The Kier molecular flexibility index (Phi) is 4.31. The van der Waals surface area contributed by atoms with Crippen LogP contribution in [0.25, 0.3) is 10.9 Å². The summed E-state index contributed by atoms with van der Waals surface area (Å²) in [7, 11) is 1.65. The number of methoxy groups -OCH3 is 1. The predicted octanol–water partition coefficient (Wildman–Crippen LogP) is 3.05. The SMILES string of the molecule is COCCOCc1cc2ccccc2nc1Cl. The lowest BCUT2D eigenvalue weighted by Crippen LogP contribution is -2.02. The topological polar surface area (TPSA) is 31.4 Å². The minimum absolute atomic E-state index is 0.458. The molecule has 0 aliphatic rings. The van der Waals surface area contributed by atoms with Crippen molar-refractivity contribution in [3.63, 3.8) is 0 Å². The van der Waals surface area contributed by atoms with E-state index in [2.05, 4.69) is 4.98 Å². The van der Waals surface area contributed by atoms with Crippen LogP contribution < -0.4 is 0 Å². The highest BCUT2D eigenvalue weighted by molar-refractivity contribution is 6.30. The summed E-state index contributed by atoms with van der Waals surface area (Å²) in [5.74, 6) is 0. The van der Waals surface area contributed by atoms with Gasteiger partial charge >= 0.3 is 0 Å². The Morgan fingerprint density at radius 1 is 1.24 bits per heavy atom. The minimum Gasteiger partial charge on any atom is -0.382 e. The smallest absolute Gasteiger partial charge is 0.135 e. The molecule has 0 atom stereocenters. The maximum atomic E-state index is 6.09. The average Bonchev–Trinajstić information content (AvgIpc) is 2.35. The van der Waals surface area contributed by atoms with Crippen LogP contribution in [-0.4, -0.2) is 25.3 Å². The van der Waals surface area contributed by atoms with E-state index in [-0.39, 0.29) is 0 Å². The van der Waals surface area contributed by atoms with E-state index in [1.165, 1.54) is 0 Å². The predicted molar refractivity (Wildman–Crippen MR) is 68.3 cm³/mol. The summed E-state index contributed by atoms with van der Waals surface area (Å²) in [6.45, 7) is 1.60. The van der Waals surface area contributed by atoms with Crippen LogP contribution in [0.5, 0.6) is 0 Å². The van der Waals surface area contributed by atoms with E-state index in [1.807, 2.05) is 30.3 Å². The largest absolute Gasteiger partial charge is 0.382 e. The quantitative estimate of drug-likeness (QED) is 0.605. The number of benzene rings is 1. The molecule has 0 unspecified atom stereocenters. The summed E-state index contributed by atoms with van der Waals surface area (Å²) in [5, 5.41) is 1.57. The molecule has 0 bridgehead atoms. The van der Waals surface area contributed by atoms with E-state index in [0.717, 1.165) is 16.5 Å². The van der Waals surface area contributed by atoms with Crippen LogP contribution in [0, 0.1) is 0 Å². The Hall–Kier alpha value is -1.16. The van der Waals surface area contributed by atoms with Crippen molar-refractivity contribution in [1.82, 2.24) is 4.98 Å².